The van der Waals surface area contributed by atoms with Crippen LogP contribution in [0.3, 0.4) is 0 Å². The molecule has 2 atom stereocenters. The molecule has 0 spiro atoms. The van der Waals surface area contributed by atoms with E-state index in [1.54, 1.807) is 45.3 Å². The van der Waals surface area contributed by atoms with Gasteiger partial charge in [-0.05, 0) is 44.9 Å². The maximum absolute atomic E-state index is 12.3. The summed E-state index contributed by atoms with van der Waals surface area (Å²) in [6.07, 6.45) is 3.13. The van der Waals surface area contributed by atoms with Gasteiger partial charge in [0.1, 0.15) is 5.60 Å². The van der Waals surface area contributed by atoms with Crippen molar-refractivity contribution >= 4 is 12.1 Å². The Labute approximate surface area is 123 Å². The van der Waals surface area contributed by atoms with Crippen molar-refractivity contribution < 1.29 is 19.4 Å². The summed E-state index contributed by atoms with van der Waals surface area (Å²) < 4.78 is 5.38. The molecule has 6 nitrogen and oxygen atoms in total. The van der Waals surface area contributed by atoms with Gasteiger partial charge in [-0.15, -0.1) is 0 Å². The molecule has 6 heteroatoms. The van der Waals surface area contributed by atoms with Crippen LogP contribution < -0.4 is 0 Å². The molecular weight excluding hydrogens is 272 g/mol. The maximum Gasteiger partial charge on any atom is 0.410 e. The van der Waals surface area contributed by atoms with Crippen molar-refractivity contribution in [3.05, 3.63) is 30.1 Å². The summed E-state index contributed by atoms with van der Waals surface area (Å²) >= 11 is 0. The topological polar surface area (TPSA) is 79.7 Å². The lowest BCUT2D eigenvalue weighted by atomic mass is 9.94. The van der Waals surface area contributed by atoms with Crippen LogP contribution in [0.4, 0.5) is 4.79 Å². The van der Waals surface area contributed by atoms with Crippen LogP contribution in [0.1, 0.15) is 38.8 Å². The minimum Gasteiger partial charge on any atom is -0.481 e. The highest BCUT2D eigenvalue weighted by Gasteiger charge is 2.43. The minimum atomic E-state index is -0.900. The van der Waals surface area contributed by atoms with Gasteiger partial charge in [0.25, 0.3) is 0 Å². The molecule has 1 fully saturated rings. The Morgan fingerprint density at radius 3 is 2.48 bits per heavy atom. The first kappa shape index (κ1) is 15.3. The lowest BCUT2D eigenvalue weighted by Crippen LogP contribution is -2.38. The quantitative estimate of drug-likeness (QED) is 0.905. The Morgan fingerprint density at radius 2 is 1.95 bits per heavy atom. The van der Waals surface area contributed by atoms with Crippen molar-refractivity contribution in [1.29, 1.82) is 0 Å². The number of carbonyl (C=O) groups is 2. The summed E-state index contributed by atoms with van der Waals surface area (Å²) in [4.78, 5) is 29.2. The molecule has 114 valence electrons. The number of aromatic nitrogens is 1. The summed E-state index contributed by atoms with van der Waals surface area (Å²) in [5.41, 5.74) is 0.155. The normalized spacial score (nSPS) is 22.1. The van der Waals surface area contributed by atoms with E-state index in [0.717, 1.165) is 5.56 Å². The largest absolute Gasteiger partial charge is 0.481 e. The molecule has 1 N–H and O–H groups in total. The van der Waals surface area contributed by atoms with Gasteiger partial charge in [-0.1, -0.05) is 0 Å². The summed E-state index contributed by atoms with van der Waals surface area (Å²) in [5.74, 6) is -1.53. The van der Waals surface area contributed by atoms with E-state index >= 15 is 0 Å². The first-order valence-electron chi connectivity index (χ1n) is 6.92. The molecule has 1 aromatic heterocycles. The van der Waals surface area contributed by atoms with E-state index in [1.165, 1.54) is 4.90 Å². The highest BCUT2D eigenvalue weighted by molar-refractivity contribution is 5.76. The third-order valence-corrected chi connectivity index (χ3v) is 3.39. The zero-order chi connectivity index (χ0) is 15.6. The molecule has 0 radical (unpaired) electrons. The molecule has 0 aliphatic carbocycles. The van der Waals surface area contributed by atoms with Crippen LogP contribution in [-0.2, 0) is 9.53 Å². The van der Waals surface area contributed by atoms with E-state index in [4.69, 9.17) is 4.74 Å². The third-order valence-electron chi connectivity index (χ3n) is 3.39. The van der Waals surface area contributed by atoms with E-state index < -0.39 is 29.6 Å². The molecule has 1 amide bonds. The Kier molecular flexibility index (Phi) is 4.16. The van der Waals surface area contributed by atoms with Crippen molar-refractivity contribution in [1.82, 2.24) is 9.88 Å². The van der Waals surface area contributed by atoms with Gasteiger partial charge in [0, 0.05) is 18.9 Å². The second-order valence-electron chi connectivity index (χ2n) is 6.13. The number of carboxylic acids is 1. The number of pyridine rings is 1. The second kappa shape index (κ2) is 5.71. The SMILES string of the molecule is CC(C)(C)OC(=O)N1CC[C@@H](C(=O)O)[C@H]1c1ccncc1. The van der Waals surface area contributed by atoms with E-state index in [2.05, 4.69) is 4.98 Å². The Morgan fingerprint density at radius 1 is 1.33 bits per heavy atom. The molecular formula is C15H20N2O4. The fourth-order valence-electron chi connectivity index (χ4n) is 2.55. The number of aliphatic carboxylic acids is 1. The monoisotopic (exact) mass is 292 g/mol. The lowest BCUT2D eigenvalue weighted by molar-refractivity contribution is -0.142. The molecule has 0 bridgehead atoms. The Balaban J connectivity index is 2.28. The summed E-state index contributed by atoms with van der Waals surface area (Å²) in [6.45, 7) is 5.74. The van der Waals surface area contributed by atoms with Gasteiger partial charge in [-0.25, -0.2) is 4.79 Å². The van der Waals surface area contributed by atoms with Gasteiger partial charge in [0.05, 0.1) is 12.0 Å². The van der Waals surface area contributed by atoms with Crippen LogP contribution in [-0.4, -0.2) is 39.2 Å². The number of nitrogens with zero attached hydrogens (tertiary/aromatic N) is 2. The second-order valence-corrected chi connectivity index (χ2v) is 6.13. The number of rotatable bonds is 2. The zero-order valence-corrected chi connectivity index (χ0v) is 12.4. The van der Waals surface area contributed by atoms with Crippen LogP contribution in [0, 0.1) is 5.92 Å². The van der Waals surface area contributed by atoms with Gasteiger partial charge in [-0.3, -0.25) is 9.78 Å². The molecule has 0 saturated carbocycles. The summed E-state index contributed by atoms with van der Waals surface area (Å²) in [6, 6.07) is 2.97. The predicted octanol–water partition coefficient (Wildman–Crippen LogP) is 2.46. The van der Waals surface area contributed by atoms with Gasteiger partial charge < -0.3 is 14.7 Å². The number of ether oxygens (including phenoxy) is 1. The first-order chi connectivity index (χ1) is 9.79. The minimum absolute atomic E-state index is 0.374. The van der Waals surface area contributed by atoms with E-state index in [9.17, 15) is 14.7 Å². The van der Waals surface area contributed by atoms with Crippen molar-refractivity contribution in [2.45, 2.75) is 38.8 Å². The van der Waals surface area contributed by atoms with E-state index in [-0.39, 0.29) is 0 Å². The van der Waals surface area contributed by atoms with E-state index in [0.29, 0.717) is 13.0 Å². The number of carbonyl (C=O) groups excluding carboxylic acids is 1. The lowest BCUT2D eigenvalue weighted by Gasteiger charge is -2.30. The molecule has 21 heavy (non-hydrogen) atoms. The molecule has 2 rings (SSSR count). The molecule has 1 saturated heterocycles. The van der Waals surface area contributed by atoms with Crippen molar-refractivity contribution in [3.63, 3.8) is 0 Å². The summed E-state index contributed by atoms with van der Waals surface area (Å²) in [5, 5.41) is 9.38. The number of amides is 1. The first-order valence-corrected chi connectivity index (χ1v) is 6.92. The van der Waals surface area contributed by atoms with E-state index in [1.807, 2.05) is 0 Å². The number of likely N-dealkylation sites (tertiary alicyclic amines) is 1. The highest BCUT2D eigenvalue weighted by Crippen LogP contribution is 2.38. The number of hydrogen-bond acceptors (Lipinski definition) is 4. The fraction of sp³-hybridized carbons (Fsp3) is 0.533. The van der Waals surface area contributed by atoms with Crippen molar-refractivity contribution in [2.24, 2.45) is 5.92 Å². The standard InChI is InChI=1S/C15H20N2O4/c1-15(2,3)21-14(20)17-9-6-11(13(18)19)12(17)10-4-7-16-8-5-10/h4-5,7-8,11-12H,6,9H2,1-3H3,(H,18,19)/t11-,12-/m1/s1. The number of carboxylic acid groups (broad SMARTS) is 1. The average Bonchev–Trinajstić information content (AvgIpc) is 2.82. The highest BCUT2D eigenvalue weighted by atomic mass is 16.6. The van der Waals surface area contributed by atoms with Crippen LogP contribution in [0.15, 0.2) is 24.5 Å². The van der Waals surface area contributed by atoms with Crippen molar-refractivity contribution in [2.75, 3.05) is 6.54 Å². The molecule has 0 unspecified atom stereocenters. The maximum atomic E-state index is 12.3. The van der Waals surface area contributed by atoms with Gasteiger partial charge in [0.15, 0.2) is 0 Å². The molecule has 1 aliphatic heterocycles. The smallest absolute Gasteiger partial charge is 0.410 e. The van der Waals surface area contributed by atoms with Gasteiger partial charge in [0.2, 0.25) is 0 Å². The van der Waals surface area contributed by atoms with Gasteiger partial charge >= 0.3 is 12.1 Å². The van der Waals surface area contributed by atoms with Crippen LogP contribution >= 0.6 is 0 Å². The van der Waals surface area contributed by atoms with Gasteiger partial charge in [-0.2, -0.15) is 0 Å². The molecule has 1 aromatic rings. The molecule has 0 aromatic carbocycles. The molecule has 2 heterocycles. The average molecular weight is 292 g/mol. The summed E-state index contributed by atoms with van der Waals surface area (Å²) in [7, 11) is 0. The zero-order valence-electron chi connectivity index (χ0n) is 12.4. The molecule has 1 aliphatic rings. The Hall–Kier alpha value is -2.11. The van der Waals surface area contributed by atoms with Crippen LogP contribution in [0.25, 0.3) is 0 Å². The van der Waals surface area contributed by atoms with Crippen LogP contribution in [0.2, 0.25) is 0 Å². The van der Waals surface area contributed by atoms with Crippen LogP contribution in [0.5, 0.6) is 0 Å². The number of hydrogen-bond donors (Lipinski definition) is 1. The fourth-order valence-corrected chi connectivity index (χ4v) is 2.55. The van der Waals surface area contributed by atoms with Crippen molar-refractivity contribution in [3.8, 4) is 0 Å². The predicted molar refractivity (Wildman–Crippen MR) is 75.7 cm³/mol. The third kappa shape index (κ3) is 3.51. The Bertz CT molecular complexity index is 524.